The molecule has 1 aliphatic heterocycles. The van der Waals surface area contributed by atoms with Gasteiger partial charge < -0.3 is 14.7 Å². The first-order valence-electron chi connectivity index (χ1n) is 5.88. The van der Waals surface area contributed by atoms with Crippen LogP contribution in [0.1, 0.15) is 12.0 Å². The molecule has 0 aliphatic carbocycles. The number of ether oxygens (including phenoxy) is 1. The molecular weight excluding hydrogens is 298 g/mol. The number of carbonyl (C=O) groups excluding carboxylic acids is 1. The van der Waals surface area contributed by atoms with Crippen LogP contribution >= 0.6 is 15.9 Å². The number of nitrogens with zero attached hydrogens (tertiary/aromatic N) is 1. The standard InChI is InChI=1S/C13H16BrNO3/c1-18-11-2-3-12(14)9(6-11)7-13(17)15-5-4-10(16)8-15/h2-3,6,10,16H,4-5,7-8H2,1H3/t10-/m1/s1. The predicted molar refractivity (Wildman–Crippen MR) is 71.6 cm³/mol. The summed E-state index contributed by atoms with van der Waals surface area (Å²) in [5.41, 5.74) is 0.903. The van der Waals surface area contributed by atoms with Crippen LogP contribution in [0.25, 0.3) is 0 Å². The first-order chi connectivity index (χ1) is 8.60. The highest BCUT2D eigenvalue weighted by Crippen LogP contribution is 2.24. The molecular formula is C13H16BrNO3. The van der Waals surface area contributed by atoms with Crippen molar-refractivity contribution in [1.29, 1.82) is 0 Å². The van der Waals surface area contributed by atoms with E-state index in [9.17, 15) is 9.90 Å². The number of rotatable bonds is 3. The van der Waals surface area contributed by atoms with Gasteiger partial charge >= 0.3 is 0 Å². The number of halogens is 1. The van der Waals surface area contributed by atoms with E-state index >= 15 is 0 Å². The summed E-state index contributed by atoms with van der Waals surface area (Å²) in [7, 11) is 1.60. The third kappa shape index (κ3) is 3.03. The number of carbonyl (C=O) groups is 1. The van der Waals surface area contributed by atoms with Crippen LogP contribution in [-0.2, 0) is 11.2 Å². The average molecular weight is 314 g/mol. The smallest absolute Gasteiger partial charge is 0.227 e. The van der Waals surface area contributed by atoms with Gasteiger partial charge in [-0.15, -0.1) is 0 Å². The molecule has 0 aromatic heterocycles. The van der Waals surface area contributed by atoms with Crippen molar-refractivity contribution in [2.45, 2.75) is 18.9 Å². The SMILES string of the molecule is COc1ccc(Br)c(CC(=O)N2CC[C@@H](O)C2)c1. The Morgan fingerprint density at radius 2 is 2.39 bits per heavy atom. The normalized spacial score (nSPS) is 19.1. The van der Waals surface area contributed by atoms with Crippen LogP contribution < -0.4 is 4.74 Å². The van der Waals surface area contributed by atoms with Crippen molar-refractivity contribution in [3.63, 3.8) is 0 Å². The molecule has 1 aliphatic rings. The molecule has 1 N–H and O–H groups in total. The average Bonchev–Trinajstić information content (AvgIpc) is 2.79. The summed E-state index contributed by atoms with van der Waals surface area (Å²) in [4.78, 5) is 13.8. The van der Waals surface area contributed by atoms with Crippen LogP contribution in [0.2, 0.25) is 0 Å². The summed E-state index contributed by atoms with van der Waals surface area (Å²) in [5.74, 6) is 0.781. The van der Waals surface area contributed by atoms with E-state index in [0.717, 1.165) is 15.8 Å². The van der Waals surface area contributed by atoms with Gasteiger partial charge in [0, 0.05) is 17.6 Å². The van der Waals surface area contributed by atoms with Crippen molar-refractivity contribution < 1.29 is 14.6 Å². The number of hydrogen-bond donors (Lipinski definition) is 1. The Morgan fingerprint density at radius 3 is 3.00 bits per heavy atom. The fraction of sp³-hybridized carbons (Fsp3) is 0.462. The number of β-amino-alcohol motifs (C(OH)–C–C–N with tert-alkyl or cyclic N) is 1. The number of hydrogen-bond acceptors (Lipinski definition) is 3. The molecule has 0 spiro atoms. The topological polar surface area (TPSA) is 49.8 Å². The Morgan fingerprint density at radius 1 is 1.61 bits per heavy atom. The molecule has 5 heteroatoms. The second kappa shape index (κ2) is 5.71. The molecule has 1 fully saturated rings. The van der Waals surface area contributed by atoms with Crippen LogP contribution in [0, 0.1) is 0 Å². The highest BCUT2D eigenvalue weighted by molar-refractivity contribution is 9.10. The molecule has 1 aromatic carbocycles. The zero-order valence-corrected chi connectivity index (χ0v) is 11.8. The van der Waals surface area contributed by atoms with Gasteiger partial charge in [-0.25, -0.2) is 0 Å². The quantitative estimate of drug-likeness (QED) is 0.922. The fourth-order valence-corrected chi connectivity index (χ4v) is 2.44. The monoisotopic (exact) mass is 313 g/mol. The lowest BCUT2D eigenvalue weighted by Crippen LogP contribution is -2.30. The van der Waals surface area contributed by atoms with Gasteiger partial charge in [-0.05, 0) is 30.2 Å². The lowest BCUT2D eigenvalue weighted by Gasteiger charge is -2.16. The van der Waals surface area contributed by atoms with Crippen LogP contribution in [0.5, 0.6) is 5.75 Å². The molecule has 18 heavy (non-hydrogen) atoms. The van der Waals surface area contributed by atoms with E-state index < -0.39 is 0 Å². The molecule has 1 saturated heterocycles. The van der Waals surface area contributed by atoms with Gasteiger partial charge in [-0.2, -0.15) is 0 Å². The summed E-state index contributed by atoms with van der Waals surface area (Å²) >= 11 is 3.43. The van der Waals surface area contributed by atoms with Crippen LogP contribution in [0.4, 0.5) is 0 Å². The minimum atomic E-state index is -0.372. The fourth-order valence-electron chi connectivity index (χ4n) is 2.06. The third-order valence-electron chi connectivity index (χ3n) is 3.11. The van der Waals surface area contributed by atoms with Crippen LogP contribution in [0.3, 0.4) is 0 Å². The van der Waals surface area contributed by atoms with Crippen LogP contribution in [-0.4, -0.2) is 42.2 Å². The van der Waals surface area contributed by atoms with E-state index in [2.05, 4.69) is 15.9 Å². The molecule has 0 unspecified atom stereocenters. The predicted octanol–water partition coefficient (Wildman–Crippen LogP) is 1.59. The lowest BCUT2D eigenvalue weighted by molar-refractivity contribution is -0.129. The van der Waals surface area contributed by atoms with E-state index in [1.807, 2.05) is 18.2 Å². The van der Waals surface area contributed by atoms with Crippen molar-refractivity contribution in [1.82, 2.24) is 4.90 Å². The molecule has 0 radical (unpaired) electrons. The van der Waals surface area contributed by atoms with E-state index in [-0.39, 0.29) is 12.0 Å². The minimum absolute atomic E-state index is 0.0421. The zero-order valence-electron chi connectivity index (χ0n) is 10.2. The second-order valence-corrected chi connectivity index (χ2v) is 5.27. The third-order valence-corrected chi connectivity index (χ3v) is 3.88. The first-order valence-corrected chi connectivity index (χ1v) is 6.67. The summed E-state index contributed by atoms with van der Waals surface area (Å²) in [5, 5.41) is 9.43. The largest absolute Gasteiger partial charge is 0.497 e. The van der Waals surface area contributed by atoms with Gasteiger partial charge in [-0.1, -0.05) is 15.9 Å². The Hall–Kier alpha value is -1.07. The highest BCUT2D eigenvalue weighted by atomic mass is 79.9. The molecule has 1 heterocycles. The van der Waals surface area contributed by atoms with Gasteiger partial charge in [0.15, 0.2) is 0 Å². The van der Waals surface area contributed by atoms with Crippen molar-refractivity contribution in [3.05, 3.63) is 28.2 Å². The molecule has 1 amide bonds. The number of aliphatic hydroxyl groups excluding tert-OH is 1. The molecule has 98 valence electrons. The Kier molecular flexibility index (Phi) is 4.24. The number of aliphatic hydroxyl groups is 1. The Bertz CT molecular complexity index is 450. The van der Waals surface area contributed by atoms with Crippen molar-refractivity contribution in [3.8, 4) is 5.75 Å². The van der Waals surface area contributed by atoms with Gasteiger partial charge in [0.2, 0.25) is 5.91 Å². The Balaban J connectivity index is 2.06. The van der Waals surface area contributed by atoms with Gasteiger partial charge in [0.1, 0.15) is 5.75 Å². The lowest BCUT2D eigenvalue weighted by atomic mass is 10.1. The molecule has 0 bridgehead atoms. The van der Waals surface area contributed by atoms with E-state index in [1.54, 1.807) is 12.0 Å². The summed E-state index contributed by atoms with van der Waals surface area (Å²) in [6, 6.07) is 5.58. The van der Waals surface area contributed by atoms with Crippen molar-refractivity contribution >= 4 is 21.8 Å². The van der Waals surface area contributed by atoms with Crippen molar-refractivity contribution in [2.24, 2.45) is 0 Å². The summed E-state index contributed by atoms with van der Waals surface area (Å²) < 4.78 is 6.05. The maximum atomic E-state index is 12.1. The summed E-state index contributed by atoms with van der Waals surface area (Å²) in [6.07, 6.45) is 0.623. The number of methoxy groups -OCH3 is 1. The van der Waals surface area contributed by atoms with Gasteiger partial charge in [0.25, 0.3) is 0 Å². The maximum absolute atomic E-state index is 12.1. The van der Waals surface area contributed by atoms with E-state index in [1.165, 1.54) is 0 Å². The summed E-state index contributed by atoms with van der Waals surface area (Å²) in [6.45, 7) is 1.09. The molecule has 1 atom stereocenters. The maximum Gasteiger partial charge on any atom is 0.227 e. The highest BCUT2D eigenvalue weighted by Gasteiger charge is 2.24. The van der Waals surface area contributed by atoms with E-state index in [0.29, 0.717) is 25.9 Å². The van der Waals surface area contributed by atoms with Crippen LogP contribution in [0.15, 0.2) is 22.7 Å². The minimum Gasteiger partial charge on any atom is -0.497 e. The van der Waals surface area contributed by atoms with Crippen molar-refractivity contribution in [2.75, 3.05) is 20.2 Å². The van der Waals surface area contributed by atoms with E-state index in [4.69, 9.17) is 4.74 Å². The number of amides is 1. The Labute approximate surface area is 115 Å². The first kappa shape index (κ1) is 13.4. The second-order valence-electron chi connectivity index (χ2n) is 4.42. The number of benzene rings is 1. The molecule has 4 nitrogen and oxygen atoms in total. The zero-order chi connectivity index (χ0) is 13.1. The molecule has 0 saturated carbocycles. The van der Waals surface area contributed by atoms with Gasteiger partial charge in [0.05, 0.1) is 19.6 Å². The molecule has 1 aromatic rings. The number of likely N-dealkylation sites (tertiary alicyclic amines) is 1. The van der Waals surface area contributed by atoms with Gasteiger partial charge in [-0.3, -0.25) is 4.79 Å². The molecule has 2 rings (SSSR count).